The molecule has 3 N–H and O–H groups in total. The van der Waals surface area contributed by atoms with Crippen LogP contribution in [-0.2, 0) is 9.59 Å². The molecule has 0 bridgehead atoms. The number of carbonyl (C=O) groups excluding carboxylic acids is 4. The lowest BCUT2D eigenvalue weighted by Gasteiger charge is -2.40. The highest BCUT2D eigenvalue weighted by Crippen LogP contribution is 2.40. The van der Waals surface area contributed by atoms with Gasteiger partial charge in [0.25, 0.3) is 11.8 Å². The Balaban J connectivity index is 0.906. The summed E-state index contributed by atoms with van der Waals surface area (Å²) in [6.07, 6.45) is 2.48. The topological polar surface area (TPSA) is 114 Å². The van der Waals surface area contributed by atoms with E-state index in [1.807, 2.05) is 109 Å². The molecule has 10 nitrogen and oxygen atoms in total. The van der Waals surface area contributed by atoms with Gasteiger partial charge >= 0.3 is 0 Å². The summed E-state index contributed by atoms with van der Waals surface area (Å²) in [5, 5.41) is 10.3. The van der Waals surface area contributed by atoms with Gasteiger partial charge in [-0.2, -0.15) is 0 Å². The van der Waals surface area contributed by atoms with Crippen molar-refractivity contribution in [2.45, 2.75) is 83.6 Å². The molecule has 3 aliphatic heterocycles. The number of benzene rings is 4. The van der Waals surface area contributed by atoms with E-state index in [1.54, 1.807) is 4.90 Å². The zero-order chi connectivity index (χ0) is 37.2. The first-order valence-electron chi connectivity index (χ1n) is 18.8. The second-order valence-electron chi connectivity index (χ2n) is 14.5. The summed E-state index contributed by atoms with van der Waals surface area (Å²) in [5.41, 5.74) is 7.04. The number of anilines is 4. The molecule has 3 heterocycles. The van der Waals surface area contributed by atoms with Gasteiger partial charge in [-0.1, -0.05) is 50.2 Å². The van der Waals surface area contributed by atoms with E-state index >= 15 is 0 Å². The molecule has 0 spiro atoms. The maximum atomic E-state index is 13.3. The second-order valence-corrected chi connectivity index (χ2v) is 14.5. The van der Waals surface area contributed by atoms with Crippen molar-refractivity contribution in [1.29, 1.82) is 0 Å². The number of fused-ring (bicyclic) bond motifs is 2. The molecule has 0 radical (unpaired) electrons. The third kappa shape index (κ3) is 7.23. The molecular weight excluding hydrogens is 665 g/mol. The van der Waals surface area contributed by atoms with Crippen LogP contribution in [0.1, 0.15) is 97.3 Å². The van der Waals surface area contributed by atoms with Crippen molar-refractivity contribution in [1.82, 2.24) is 10.2 Å². The minimum atomic E-state index is -0.171. The predicted molar refractivity (Wildman–Crippen MR) is 209 cm³/mol. The predicted octanol–water partition coefficient (Wildman–Crippen LogP) is 7.32. The largest absolute Gasteiger partial charge is 0.378 e. The molecule has 0 aliphatic carbocycles. The zero-order valence-corrected chi connectivity index (χ0v) is 30.8. The third-order valence-electron chi connectivity index (χ3n) is 10.8. The molecule has 4 aromatic rings. The minimum absolute atomic E-state index is 0.0378. The van der Waals surface area contributed by atoms with E-state index in [0.717, 1.165) is 46.7 Å². The van der Waals surface area contributed by atoms with Gasteiger partial charge in [0.15, 0.2) is 0 Å². The molecule has 3 aliphatic rings. The summed E-state index contributed by atoms with van der Waals surface area (Å²) in [6, 6.07) is 31.2. The standard InChI is InChI=1S/C43H48N6O4/c1-5-40(50)48-27(3)23-36(34-11-7-9-13-38(34)48)44-31-19-15-29(16-20-31)42(52)46-33-25-47(26-33)43(53)30-17-21-32(22-18-30)45-37-24-28(4)49(41(51)6-2)39-14-10-8-12-35(37)39/h7-22,27-28,33,36-37,44-45H,5-6,23-26H2,1-4H3,(H,46,52). The Hall–Kier alpha value is -5.64. The summed E-state index contributed by atoms with van der Waals surface area (Å²) >= 11 is 0. The van der Waals surface area contributed by atoms with E-state index in [0.29, 0.717) is 37.1 Å². The molecule has 4 atom stereocenters. The van der Waals surface area contributed by atoms with Crippen LogP contribution in [0, 0.1) is 0 Å². The van der Waals surface area contributed by atoms with Crippen LogP contribution in [-0.4, -0.2) is 59.7 Å². The SMILES string of the molecule is CCC(=O)N1c2ccccc2C(Nc2ccc(C(=O)NC3CN(C(=O)c4ccc(NC5CC(C)N(C(=O)CC)c6ccccc65)cc4)C3)cc2)CC1C. The fourth-order valence-electron chi connectivity index (χ4n) is 8.02. The number of hydrogen-bond acceptors (Lipinski definition) is 6. The first-order chi connectivity index (χ1) is 25.6. The first kappa shape index (κ1) is 35.7. The number of hydrogen-bond donors (Lipinski definition) is 3. The number of rotatable bonds is 9. The van der Waals surface area contributed by atoms with Crippen molar-refractivity contribution in [2.24, 2.45) is 0 Å². The highest BCUT2D eigenvalue weighted by atomic mass is 16.2. The Labute approximate surface area is 311 Å². The molecule has 274 valence electrons. The Morgan fingerprint density at radius 2 is 1.04 bits per heavy atom. The molecule has 7 rings (SSSR count). The highest BCUT2D eigenvalue weighted by Gasteiger charge is 2.35. The van der Waals surface area contributed by atoms with E-state index in [2.05, 4.69) is 41.9 Å². The molecule has 10 heteroatoms. The highest BCUT2D eigenvalue weighted by molar-refractivity contribution is 5.98. The van der Waals surface area contributed by atoms with Gasteiger partial charge < -0.3 is 30.7 Å². The average Bonchev–Trinajstić information content (AvgIpc) is 3.16. The van der Waals surface area contributed by atoms with Crippen LogP contribution in [0.5, 0.6) is 0 Å². The monoisotopic (exact) mass is 712 g/mol. The van der Waals surface area contributed by atoms with Gasteiger partial charge in [-0.15, -0.1) is 0 Å². The first-order valence-corrected chi connectivity index (χ1v) is 18.8. The number of nitrogens with zero attached hydrogens (tertiary/aromatic N) is 3. The van der Waals surface area contributed by atoms with Crippen molar-refractivity contribution < 1.29 is 19.2 Å². The third-order valence-corrected chi connectivity index (χ3v) is 10.8. The number of likely N-dealkylation sites (tertiary alicyclic amines) is 1. The Kier molecular flexibility index (Phi) is 10.2. The quantitative estimate of drug-likeness (QED) is 0.168. The summed E-state index contributed by atoms with van der Waals surface area (Å²) in [6.45, 7) is 8.85. The van der Waals surface area contributed by atoms with Crippen LogP contribution in [0.4, 0.5) is 22.7 Å². The van der Waals surface area contributed by atoms with Gasteiger partial charge in [0.1, 0.15) is 0 Å². The van der Waals surface area contributed by atoms with Crippen molar-refractivity contribution >= 4 is 46.4 Å². The Morgan fingerprint density at radius 1 is 0.604 bits per heavy atom. The minimum Gasteiger partial charge on any atom is -0.378 e. The molecule has 4 unspecified atom stereocenters. The van der Waals surface area contributed by atoms with E-state index in [9.17, 15) is 19.2 Å². The molecule has 53 heavy (non-hydrogen) atoms. The molecular formula is C43H48N6O4. The number of amides is 4. The van der Waals surface area contributed by atoms with Gasteiger partial charge in [0.05, 0.1) is 18.1 Å². The van der Waals surface area contributed by atoms with Crippen molar-refractivity contribution in [2.75, 3.05) is 33.5 Å². The lowest BCUT2D eigenvalue weighted by Crippen LogP contribution is -2.60. The zero-order valence-electron chi connectivity index (χ0n) is 30.8. The van der Waals surface area contributed by atoms with Crippen molar-refractivity contribution in [3.05, 3.63) is 119 Å². The lowest BCUT2D eigenvalue weighted by atomic mass is 9.91. The van der Waals surface area contributed by atoms with Crippen LogP contribution in [0.15, 0.2) is 97.1 Å². The van der Waals surface area contributed by atoms with Crippen LogP contribution in [0.2, 0.25) is 0 Å². The summed E-state index contributed by atoms with van der Waals surface area (Å²) in [7, 11) is 0. The average molecular weight is 713 g/mol. The van der Waals surface area contributed by atoms with E-state index < -0.39 is 0 Å². The van der Waals surface area contributed by atoms with Crippen molar-refractivity contribution in [3.8, 4) is 0 Å². The molecule has 0 aromatic heterocycles. The molecule has 0 saturated carbocycles. The smallest absolute Gasteiger partial charge is 0.253 e. The van der Waals surface area contributed by atoms with Crippen LogP contribution in [0.25, 0.3) is 0 Å². The summed E-state index contributed by atoms with van der Waals surface area (Å²) < 4.78 is 0. The Bertz CT molecular complexity index is 1990. The van der Waals surface area contributed by atoms with Gasteiger partial charge in [-0.25, -0.2) is 0 Å². The van der Waals surface area contributed by atoms with Gasteiger partial charge in [-0.3, -0.25) is 19.2 Å². The Morgan fingerprint density at radius 3 is 1.49 bits per heavy atom. The lowest BCUT2D eigenvalue weighted by molar-refractivity contribution is -0.119. The van der Waals surface area contributed by atoms with Crippen molar-refractivity contribution in [3.63, 3.8) is 0 Å². The molecule has 1 saturated heterocycles. The molecule has 1 fully saturated rings. The van der Waals surface area contributed by atoms with Crippen LogP contribution >= 0.6 is 0 Å². The number of nitrogens with one attached hydrogen (secondary N) is 3. The molecule has 4 amide bonds. The fraction of sp³-hybridized carbons (Fsp3) is 0.349. The number of para-hydroxylation sites is 2. The second kappa shape index (κ2) is 15.1. The number of carbonyl (C=O) groups is 4. The van der Waals surface area contributed by atoms with Crippen LogP contribution < -0.4 is 25.8 Å². The van der Waals surface area contributed by atoms with E-state index in [4.69, 9.17) is 0 Å². The van der Waals surface area contributed by atoms with Gasteiger partial charge in [-0.05, 0) is 98.5 Å². The van der Waals surface area contributed by atoms with Gasteiger partial charge in [0, 0.05) is 71.9 Å². The maximum absolute atomic E-state index is 13.3. The van der Waals surface area contributed by atoms with E-state index in [-0.39, 0.29) is 53.8 Å². The molecule has 4 aromatic carbocycles. The normalized spacial score (nSPS) is 20.8. The fourth-order valence-corrected chi connectivity index (χ4v) is 8.02. The van der Waals surface area contributed by atoms with E-state index in [1.165, 1.54) is 0 Å². The summed E-state index contributed by atoms with van der Waals surface area (Å²) in [5.74, 6) is 0.00808. The maximum Gasteiger partial charge on any atom is 0.253 e. The van der Waals surface area contributed by atoms with Gasteiger partial charge in [0.2, 0.25) is 11.8 Å². The summed E-state index contributed by atoms with van der Waals surface area (Å²) in [4.78, 5) is 57.3. The van der Waals surface area contributed by atoms with Crippen LogP contribution in [0.3, 0.4) is 0 Å².